The second kappa shape index (κ2) is 10.7. The lowest BCUT2D eigenvalue weighted by Crippen LogP contribution is -2.52. The lowest BCUT2D eigenvalue weighted by atomic mass is 10.00. The van der Waals surface area contributed by atoms with Crippen LogP contribution < -0.4 is 10.6 Å². The first-order chi connectivity index (χ1) is 14.9. The number of amides is 3. The molecule has 1 aliphatic carbocycles. The topological polar surface area (TPSA) is 108 Å². The molecule has 0 aromatic heterocycles. The molecule has 8 nitrogen and oxygen atoms in total. The number of carbonyl (C=O) groups is 3. The summed E-state index contributed by atoms with van der Waals surface area (Å²) in [6.45, 7) is 11.1. The predicted octanol–water partition coefficient (Wildman–Crippen LogP) is 3.56. The highest BCUT2D eigenvalue weighted by Gasteiger charge is 2.43. The van der Waals surface area contributed by atoms with Gasteiger partial charge in [0.25, 0.3) is 0 Å². The third kappa shape index (κ3) is 7.14. The zero-order chi connectivity index (χ0) is 24.1. The molecule has 2 atom stereocenters. The van der Waals surface area contributed by atoms with E-state index in [4.69, 9.17) is 4.74 Å². The van der Waals surface area contributed by atoms with Gasteiger partial charge in [-0.3, -0.25) is 9.59 Å². The molecule has 1 fully saturated rings. The summed E-state index contributed by atoms with van der Waals surface area (Å²) in [4.78, 5) is 40.5. The van der Waals surface area contributed by atoms with Crippen LogP contribution in [-0.2, 0) is 14.3 Å². The molecule has 0 spiro atoms. The minimum atomic E-state index is -0.866. The minimum absolute atomic E-state index is 0.0820. The van der Waals surface area contributed by atoms with Crippen molar-refractivity contribution in [2.45, 2.75) is 91.0 Å². The van der Waals surface area contributed by atoms with E-state index >= 15 is 0 Å². The highest BCUT2D eigenvalue weighted by atomic mass is 16.6. The van der Waals surface area contributed by atoms with Crippen LogP contribution in [0.4, 0.5) is 4.79 Å². The summed E-state index contributed by atoms with van der Waals surface area (Å²) in [5.74, 6) is -0.490. The van der Waals surface area contributed by atoms with Crippen molar-refractivity contribution < 1.29 is 24.2 Å². The van der Waals surface area contributed by atoms with Crippen LogP contribution in [0.2, 0.25) is 0 Å². The first-order valence-corrected chi connectivity index (χ1v) is 11.3. The third-order valence-corrected chi connectivity index (χ3v) is 5.19. The third-order valence-electron chi connectivity index (χ3n) is 5.19. The number of benzene rings is 1. The molecule has 3 N–H and O–H groups in total. The molecular weight excluding hydrogens is 410 g/mol. The van der Waals surface area contributed by atoms with Crippen LogP contribution in [0.3, 0.4) is 0 Å². The Labute approximate surface area is 190 Å². The van der Waals surface area contributed by atoms with Crippen LogP contribution in [0.25, 0.3) is 0 Å². The smallest absolute Gasteiger partial charge is 0.408 e. The fraction of sp³-hybridized carbons (Fsp3) is 0.625. The van der Waals surface area contributed by atoms with Gasteiger partial charge in [0, 0.05) is 12.6 Å². The molecule has 0 bridgehead atoms. The molecule has 1 saturated carbocycles. The largest absolute Gasteiger partial charge is 0.508 e. The van der Waals surface area contributed by atoms with Gasteiger partial charge in [0.1, 0.15) is 23.4 Å². The van der Waals surface area contributed by atoms with Gasteiger partial charge in [-0.2, -0.15) is 0 Å². The highest BCUT2D eigenvalue weighted by molar-refractivity contribution is 5.92. The first-order valence-electron chi connectivity index (χ1n) is 11.3. The van der Waals surface area contributed by atoms with E-state index in [1.54, 1.807) is 51.7 Å². The van der Waals surface area contributed by atoms with Gasteiger partial charge < -0.3 is 25.4 Å². The zero-order valence-electron chi connectivity index (χ0n) is 20.0. The molecule has 0 heterocycles. The van der Waals surface area contributed by atoms with Gasteiger partial charge in [-0.05, 0) is 77.1 Å². The van der Waals surface area contributed by atoms with Gasteiger partial charge in [-0.15, -0.1) is 0 Å². The number of hydrogen-bond donors (Lipinski definition) is 3. The van der Waals surface area contributed by atoms with Crippen LogP contribution in [-0.4, -0.2) is 52.1 Å². The second-order valence-electron chi connectivity index (χ2n) is 9.44. The van der Waals surface area contributed by atoms with Crippen molar-refractivity contribution in [2.75, 3.05) is 6.54 Å². The SMILES string of the molecule is CCCCNC(=O)C(c1ccc(O)c(C)c1)N(C(=O)C(C)NC(=O)OC(C)(C)C)C1CC1. The Balaban J connectivity index is 2.32. The minimum Gasteiger partial charge on any atom is -0.508 e. The summed E-state index contributed by atoms with van der Waals surface area (Å²) in [7, 11) is 0. The van der Waals surface area contributed by atoms with Crippen LogP contribution in [0.5, 0.6) is 5.75 Å². The van der Waals surface area contributed by atoms with Crippen molar-refractivity contribution >= 4 is 17.9 Å². The fourth-order valence-corrected chi connectivity index (χ4v) is 3.41. The number of carbonyl (C=O) groups excluding carboxylic acids is 3. The van der Waals surface area contributed by atoms with E-state index in [0.717, 1.165) is 25.7 Å². The zero-order valence-corrected chi connectivity index (χ0v) is 20.0. The summed E-state index contributed by atoms with van der Waals surface area (Å²) < 4.78 is 5.27. The molecular formula is C24H37N3O5. The number of aromatic hydroxyl groups is 1. The van der Waals surface area contributed by atoms with E-state index in [0.29, 0.717) is 17.7 Å². The van der Waals surface area contributed by atoms with E-state index in [-0.39, 0.29) is 23.6 Å². The Morgan fingerprint density at radius 2 is 1.91 bits per heavy atom. The second-order valence-corrected chi connectivity index (χ2v) is 9.44. The van der Waals surface area contributed by atoms with Crippen LogP contribution in [0.1, 0.15) is 77.5 Å². The van der Waals surface area contributed by atoms with E-state index in [1.165, 1.54) is 6.07 Å². The van der Waals surface area contributed by atoms with Gasteiger partial charge in [0.2, 0.25) is 11.8 Å². The summed E-state index contributed by atoms with van der Waals surface area (Å²) >= 11 is 0. The molecule has 0 saturated heterocycles. The molecule has 0 aliphatic heterocycles. The van der Waals surface area contributed by atoms with Crippen molar-refractivity contribution in [1.82, 2.24) is 15.5 Å². The molecule has 3 amide bonds. The monoisotopic (exact) mass is 447 g/mol. The van der Waals surface area contributed by atoms with Crippen LogP contribution in [0, 0.1) is 6.92 Å². The Morgan fingerprint density at radius 3 is 2.44 bits per heavy atom. The maximum absolute atomic E-state index is 13.5. The average molecular weight is 448 g/mol. The van der Waals surface area contributed by atoms with Gasteiger partial charge in [0.15, 0.2) is 0 Å². The summed E-state index contributed by atoms with van der Waals surface area (Å²) in [6.07, 6.45) is 2.67. The number of phenolic OH excluding ortho intramolecular Hbond substituents is 1. The summed E-state index contributed by atoms with van der Waals surface area (Å²) in [5, 5.41) is 15.5. The lowest BCUT2D eigenvalue weighted by molar-refractivity contribution is -0.142. The fourth-order valence-electron chi connectivity index (χ4n) is 3.41. The molecule has 1 aromatic carbocycles. The van der Waals surface area contributed by atoms with Crippen LogP contribution in [0.15, 0.2) is 18.2 Å². The van der Waals surface area contributed by atoms with E-state index < -0.39 is 23.8 Å². The van der Waals surface area contributed by atoms with E-state index in [1.807, 2.05) is 6.92 Å². The lowest BCUT2D eigenvalue weighted by Gasteiger charge is -2.34. The number of nitrogens with zero attached hydrogens (tertiary/aromatic N) is 1. The number of phenols is 1. The maximum atomic E-state index is 13.5. The molecule has 1 aliphatic rings. The first kappa shape index (κ1) is 25.5. The van der Waals surface area contributed by atoms with Crippen molar-refractivity contribution in [3.05, 3.63) is 29.3 Å². The average Bonchev–Trinajstić information content (AvgIpc) is 3.51. The van der Waals surface area contributed by atoms with Gasteiger partial charge in [-0.25, -0.2) is 4.79 Å². The van der Waals surface area contributed by atoms with Crippen molar-refractivity contribution in [3.63, 3.8) is 0 Å². The number of alkyl carbamates (subject to hydrolysis) is 1. The Bertz CT molecular complexity index is 829. The summed E-state index contributed by atoms with van der Waals surface area (Å²) in [6, 6.07) is 3.13. The predicted molar refractivity (Wildman–Crippen MR) is 122 cm³/mol. The van der Waals surface area contributed by atoms with Gasteiger partial charge >= 0.3 is 6.09 Å². The molecule has 8 heteroatoms. The molecule has 2 unspecified atom stereocenters. The Hall–Kier alpha value is -2.77. The highest BCUT2D eigenvalue weighted by Crippen LogP contribution is 2.36. The van der Waals surface area contributed by atoms with E-state index in [2.05, 4.69) is 10.6 Å². The molecule has 178 valence electrons. The number of ether oxygens (including phenoxy) is 1. The van der Waals surface area contributed by atoms with Gasteiger partial charge in [-0.1, -0.05) is 19.4 Å². The number of aryl methyl sites for hydroxylation is 1. The Kier molecular flexibility index (Phi) is 8.52. The molecule has 1 aromatic rings. The van der Waals surface area contributed by atoms with E-state index in [9.17, 15) is 19.5 Å². The molecule has 2 rings (SSSR count). The summed E-state index contributed by atoms with van der Waals surface area (Å²) in [5.41, 5.74) is 0.560. The number of hydrogen-bond acceptors (Lipinski definition) is 5. The van der Waals surface area contributed by atoms with Crippen molar-refractivity contribution in [1.29, 1.82) is 0 Å². The van der Waals surface area contributed by atoms with Crippen LogP contribution >= 0.6 is 0 Å². The standard InChI is InChI=1S/C24H37N3O5/c1-7-8-13-25-21(29)20(17-9-12-19(28)15(2)14-17)27(18-10-11-18)22(30)16(3)26-23(31)32-24(4,5)6/h9,12,14,16,18,20,28H,7-8,10-11,13H2,1-6H3,(H,25,29)(H,26,31). The Morgan fingerprint density at radius 1 is 1.25 bits per heavy atom. The van der Waals surface area contributed by atoms with Crippen molar-refractivity contribution in [2.24, 2.45) is 0 Å². The quantitative estimate of drug-likeness (QED) is 0.502. The normalized spacial score (nSPS) is 15.4. The van der Waals surface area contributed by atoms with Gasteiger partial charge in [0.05, 0.1) is 0 Å². The number of nitrogens with one attached hydrogen (secondary N) is 2. The van der Waals surface area contributed by atoms with Crippen molar-refractivity contribution in [3.8, 4) is 5.75 Å². The molecule has 0 radical (unpaired) electrons. The number of unbranched alkanes of at least 4 members (excludes halogenated alkanes) is 1. The maximum Gasteiger partial charge on any atom is 0.408 e. The molecule has 32 heavy (non-hydrogen) atoms. The number of rotatable bonds is 9.